The number of benzene rings is 1. The van der Waals surface area contributed by atoms with Crippen LogP contribution in [0.2, 0.25) is 0 Å². The Balaban J connectivity index is 1.54. The molecule has 0 N–H and O–H groups in total. The summed E-state index contributed by atoms with van der Waals surface area (Å²) in [5, 5.41) is 3.24. The highest BCUT2D eigenvalue weighted by atomic mass is 32.1. The molecule has 5 heteroatoms. The zero-order chi connectivity index (χ0) is 14.7. The average Bonchev–Trinajstić information content (AvgIpc) is 2.93. The smallest absolute Gasteiger partial charge is 0.253 e. The summed E-state index contributed by atoms with van der Waals surface area (Å²) in [6, 6.07) is 9.52. The van der Waals surface area contributed by atoms with E-state index in [2.05, 4.69) is 15.3 Å². The van der Waals surface area contributed by atoms with Gasteiger partial charge in [0.2, 0.25) is 0 Å². The molecule has 0 bridgehead atoms. The van der Waals surface area contributed by atoms with Gasteiger partial charge in [-0.2, -0.15) is 0 Å². The lowest BCUT2D eigenvalue weighted by atomic mass is 10.2. The molecule has 0 radical (unpaired) electrons. The van der Waals surface area contributed by atoms with Gasteiger partial charge in [-0.1, -0.05) is 18.2 Å². The second-order valence-corrected chi connectivity index (χ2v) is 6.35. The molecule has 2 aromatic rings. The van der Waals surface area contributed by atoms with E-state index < -0.39 is 0 Å². The van der Waals surface area contributed by atoms with E-state index in [1.165, 1.54) is 0 Å². The van der Waals surface area contributed by atoms with Crippen LogP contribution in [0.5, 0.6) is 0 Å². The molecule has 1 aromatic heterocycles. The Kier molecular flexibility index (Phi) is 4.31. The normalized spacial score (nSPS) is 16.1. The van der Waals surface area contributed by atoms with Gasteiger partial charge in [-0.15, -0.1) is 11.3 Å². The first kappa shape index (κ1) is 14.2. The summed E-state index contributed by atoms with van der Waals surface area (Å²) in [4.78, 5) is 21.2. The molecule has 3 rings (SSSR count). The van der Waals surface area contributed by atoms with E-state index >= 15 is 0 Å². The molecule has 1 saturated heterocycles. The van der Waals surface area contributed by atoms with Crippen molar-refractivity contribution in [2.75, 3.05) is 26.2 Å². The number of carbonyl (C=O) groups excluding carboxylic acids is 1. The van der Waals surface area contributed by atoms with E-state index in [1.807, 2.05) is 42.2 Å². The Morgan fingerprint density at radius 2 is 1.90 bits per heavy atom. The standard InChI is InChI=1S/C16H19N3OS/c1-13-17-15(12-21-13)11-18-7-9-19(10-8-18)16(20)14-5-3-2-4-6-14/h2-6,12H,7-11H2,1H3. The number of carbonyl (C=O) groups is 1. The Hall–Kier alpha value is -1.72. The van der Waals surface area contributed by atoms with Crippen molar-refractivity contribution in [3.8, 4) is 0 Å². The maximum Gasteiger partial charge on any atom is 0.253 e. The fraction of sp³-hybridized carbons (Fsp3) is 0.375. The summed E-state index contributed by atoms with van der Waals surface area (Å²) in [6.07, 6.45) is 0. The Labute approximate surface area is 129 Å². The third-order valence-electron chi connectivity index (χ3n) is 3.73. The fourth-order valence-electron chi connectivity index (χ4n) is 2.58. The molecule has 1 fully saturated rings. The maximum atomic E-state index is 12.4. The van der Waals surface area contributed by atoms with Crippen molar-refractivity contribution in [2.24, 2.45) is 0 Å². The van der Waals surface area contributed by atoms with Gasteiger partial charge in [-0.3, -0.25) is 9.69 Å². The molecule has 1 amide bonds. The highest BCUT2D eigenvalue weighted by Crippen LogP contribution is 2.13. The predicted molar refractivity (Wildman–Crippen MR) is 84.5 cm³/mol. The van der Waals surface area contributed by atoms with Crippen LogP contribution in [-0.2, 0) is 6.54 Å². The van der Waals surface area contributed by atoms with Crippen LogP contribution in [0, 0.1) is 6.92 Å². The molecular weight excluding hydrogens is 282 g/mol. The van der Waals surface area contributed by atoms with Gasteiger partial charge in [0.05, 0.1) is 10.7 Å². The molecule has 1 aliphatic rings. The second-order valence-electron chi connectivity index (χ2n) is 5.29. The highest BCUT2D eigenvalue weighted by Gasteiger charge is 2.22. The Morgan fingerprint density at radius 3 is 2.52 bits per heavy atom. The third kappa shape index (κ3) is 3.49. The Morgan fingerprint density at radius 1 is 1.19 bits per heavy atom. The van der Waals surface area contributed by atoms with Gasteiger partial charge >= 0.3 is 0 Å². The quantitative estimate of drug-likeness (QED) is 0.873. The lowest BCUT2D eigenvalue weighted by Gasteiger charge is -2.34. The van der Waals surface area contributed by atoms with Crippen LogP contribution in [0.3, 0.4) is 0 Å². The first-order valence-corrected chi connectivity index (χ1v) is 8.08. The molecule has 4 nitrogen and oxygen atoms in total. The van der Waals surface area contributed by atoms with Crippen LogP contribution < -0.4 is 0 Å². The Bertz CT molecular complexity index is 603. The first-order valence-electron chi connectivity index (χ1n) is 7.20. The molecule has 1 aliphatic heterocycles. The summed E-state index contributed by atoms with van der Waals surface area (Å²) < 4.78 is 0. The van der Waals surface area contributed by atoms with Crippen molar-refractivity contribution in [2.45, 2.75) is 13.5 Å². The summed E-state index contributed by atoms with van der Waals surface area (Å²) in [5.41, 5.74) is 1.92. The number of thiazole rings is 1. The van der Waals surface area contributed by atoms with Gasteiger partial charge in [0.1, 0.15) is 0 Å². The topological polar surface area (TPSA) is 36.4 Å². The monoisotopic (exact) mass is 301 g/mol. The van der Waals surface area contributed by atoms with Crippen molar-refractivity contribution in [1.29, 1.82) is 0 Å². The number of aromatic nitrogens is 1. The van der Waals surface area contributed by atoms with Gasteiger partial charge < -0.3 is 4.90 Å². The molecule has 0 aliphatic carbocycles. The van der Waals surface area contributed by atoms with E-state index in [1.54, 1.807) is 11.3 Å². The van der Waals surface area contributed by atoms with E-state index in [9.17, 15) is 4.79 Å². The molecule has 0 unspecified atom stereocenters. The van der Waals surface area contributed by atoms with Crippen LogP contribution in [0.1, 0.15) is 21.1 Å². The van der Waals surface area contributed by atoms with Crippen LogP contribution >= 0.6 is 11.3 Å². The minimum atomic E-state index is 0.139. The van der Waals surface area contributed by atoms with Gasteiger partial charge in [-0.25, -0.2) is 4.98 Å². The SMILES string of the molecule is Cc1nc(CN2CCN(C(=O)c3ccccc3)CC2)cs1. The van der Waals surface area contributed by atoms with Gasteiger partial charge in [0.15, 0.2) is 0 Å². The summed E-state index contributed by atoms with van der Waals surface area (Å²) >= 11 is 1.69. The van der Waals surface area contributed by atoms with Gasteiger partial charge in [-0.05, 0) is 19.1 Å². The van der Waals surface area contributed by atoms with Gasteiger partial charge in [0.25, 0.3) is 5.91 Å². The summed E-state index contributed by atoms with van der Waals surface area (Å²) in [5.74, 6) is 0.139. The number of rotatable bonds is 3. The zero-order valence-corrected chi connectivity index (χ0v) is 13.0. The molecule has 110 valence electrons. The fourth-order valence-corrected chi connectivity index (χ4v) is 3.19. The molecule has 0 atom stereocenters. The minimum Gasteiger partial charge on any atom is -0.336 e. The molecule has 2 heterocycles. The molecule has 0 saturated carbocycles. The van der Waals surface area contributed by atoms with Crippen molar-refractivity contribution in [3.05, 3.63) is 52.0 Å². The summed E-state index contributed by atoms with van der Waals surface area (Å²) in [6.45, 7) is 6.32. The molecule has 1 aromatic carbocycles. The largest absolute Gasteiger partial charge is 0.336 e. The number of hydrogen-bond acceptors (Lipinski definition) is 4. The average molecular weight is 301 g/mol. The van der Waals surface area contributed by atoms with Crippen molar-refractivity contribution in [1.82, 2.24) is 14.8 Å². The van der Waals surface area contributed by atoms with E-state index in [0.717, 1.165) is 49.0 Å². The predicted octanol–water partition coefficient (Wildman–Crippen LogP) is 2.41. The number of nitrogens with zero attached hydrogens (tertiary/aromatic N) is 3. The number of amides is 1. The van der Waals surface area contributed by atoms with E-state index in [-0.39, 0.29) is 5.91 Å². The lowest BCUT2D eigenvalue weighted by Crippen LogP contribution is -2.48. The van der Waals surface area contributed by atoms with Crippen LogP contribution in [-0.4, -0.2) is 46.9 Å². The van der Waals surface area contributed by atoms with Gasteiger partial charge in [0, 0.05) is 43.7 Å². The van der Waals surface area contributed by atoms with E-state index in [4.69, 9.17) is 0 Å². The maximum absolute atomic E-state index is 12.4. The summed E-state index contributed by atoms with van der Waals surface area (Å²) in [7, 11) is 0. The van der Waals surface area contributed by atoms with Crippen LogP contribution in [0.4, 0.5) is 0 Å². The lowest BCUT2D eigenvalue weighted by molar-refractivity contribution is 0.0627. The second kappa shape index (κ2) is 6.37. The molecule has 0 spiro atoms. The number of hydrogen-bond donors (Lipinski definition) is 0. The van der Waals surface area contributed by atoms with Crippen LogP contribution in [0.25, 0.3) is 0 Å². The van der Waals surface area contributed by atoms with Crippen molar-refractivity contribution < 1.29 is 4.79 Å². The first-order chi connectivity index (χ1) is 10.2. The zero-order valence-electron chi connectivity index (χ0n) is 12.2. The van der Waals surface area contributed by atoms with Crippen LogP contribution in [0.15, 0.2) is 35.7 Å². The van der Waals surface area contributed by atoms with Crippen molar-refractivity contribution in [3.63, 3.8) is 0 Å². The highest BCUT2D eigenvalue weighted by molar-refractivity contribution is 7.09. The van der Waals surface area contributed by atoms with E-state index in [0.29, 0.717) is 0 Å². The number of aryl methyl sites for hydroxylation is 1. The van der Waals surface area contributed by atoms with Crippen molar-refractivity contribution >= 4 is 17.2 Å². The third-order valence-corrected chi connectivity index (χ3v) is 4.55. The number of piperazine rings is 1. The molecular formula is C16H19N3OS. The minimum absolute atomic E-state index is 0.139. The molecule has 21 heavy (non-hydrogen) atoms.